The van der Waals surface area contributed by atoms with Gasteiger partial charge >= 0.3 is 0 Å². The number of benzene rings is 4. The maximum absolute atomic E-state index is 14.4. The van der Waals surface area contributed by atoms with Gasteiger partial charge < -0.3 is 20.7 Å². The number of thioether (sulfide) groups is 1. The molecule has 0 saturated heterocycles. The molecule has 0 radical (unpaired) electrons. The van der Waals surface area contributed by atoms with E-state index in [1.807, 2.05) is 12.1 Å². The zero-order chi connectivity index (χ0) is 28.3. The highest BCUT2D eigenvalue weighted by atomic mass is 32.2. The van der Waals surface area contributed by atoms with E-state index in [1.54, 1.807) is 72.8 Å². The smallest absolute Gasteiger partial charge is 0.272 e. The summed E-state index contributed by atoms with van der Waals surface area (Å²) in [4.78, 5) is 39.3. The SMILES string of the molecule is COc1ccccc1NC(=O)CSc1cccc(NC(=O)/C(=C/c2ccccc2F)NC(=O)c2ccccc2)c1. The Hall–Kier alpha value is -4.89. The van der Waals surface area contributed by atoms with Gasteiger partial charge in [-0.1, -0.05) is 54.6 Å². The quantitative estimate of drug-likeness (QED) is 0.165. The van der Waals surface area contributed by atoms with Crippen molar-refractivity contribution in [3.8, 4) is 5.75 Å². The number of carbonyl (C=O) groups is 3. The van der Waals surface area contributed by atoms with E-state index in [0.717, 1.165) is 4.90 Å². The first-order valence-electron chi connectivity index (χ1n) is 12.2. The second-order valence-corrected chi connectivity index (χ2v) is 9.47. The van der Waals surface area contributed by atoms with Crippen molar-refractivity contribution in [1.29, 1.82) is 0 Å². The Morgan fingerprint density at radius 1 is 0.850 bits per heavy atom. The van der Waals surface area contributed by atoms with E-state index in [2.05, 4.69) is 16.0 Å². The third-order valence-corrected chi connectivity index (χ3v) is 6.57. The summed E-state index contributed by atoms with van der Waals surface area (Å²) in [6, 6.07) is 28.4. The summed E-state index contributed by atoms with van der Waals surface area (Å²) in [5.41, 5.74) is 1.37. The molecule has 202 valence electrons. The number of ether oxygens (including phenoxy) is 1. The van der Waals surface area contributed by atoms with Gasteiger partial charge in [-0.25, -0.2) is 4.39 Å². The standard InChI is InChI=1S/C31H26FN3O4S/c1-39-28-17-8-7-16-26(28)34-29(36)20-40-24-14-9-13-23(19-24)33-31(38)27(18-22-12-5-6-15-25(22)32)35-30(37)21-10-3-2-4-11-21/h2-19H,20H2,1H3,(H,33,38)(H,34,36)(H,35,37)/b27-18-. The fourth-order valence-corrected chi connectivity index (χ4v) is 4.39. The summed E-state index contributed by atoms with van der Waals surface area (Å²) in [6.07, 6.45) is 1.28. The summed E-state index contributed by atoms with van der Waals surface area (Å²) in [6.45, 7) is 0. The lowest BCUT2D eigenvalue weighted by molar-refractivity contribution is -0.114. The van der Waals surface area contributed by atoms with Crippen molar-refractivity contribution in [3.63, 3.8) is 0 Å². The Balaban J connectivity index is 1.46. The van der Waals surface area contributed by atoms with Gasteiger partial charge in [0.05, 0.1) is 18.6 Å². The Morgan fingerprint density at radius 2 is 1.57 bits per heavy atom. The molecule has 7 nitrogen and oxygen atoms in total. The van der Waals surface area contributed by atoms with Gasteiger partial charge in [-0.3, -0.25) is 14.4 Å². The molecule has 0 unspecified atom stereocenters. The minimum Gasteiger partial charge on any atom is -0.495 e. The molecule has 0 saturated carbocycles. The first kappa shape index (κ1) is 28.1. The summed E-state index contributed by atoms with van der Waals surface area (Å²) < 4.78 is 19.6. The fourth-order valence-electron chi connectivity index (χ4n) is 3.64. The molecule has 9 heteroatoms. The number of methoxy groups -OCH3 is 1. The molecule has 3 N–H and O–H groups in total. The van der Waals surface area contributed by atoms with Crippen LogP contribution in [0.15, 0.2) is 114 Å². The summed E-state index contributed by atoms with van der Waals surface area (Å²) in [5, 5.41) is 8.16. The number of amides is 3. The number of hydrogen-bond acceptors (Lipinski definition) is 5. The van der Waals surface area contributed by atoms with Crippen molar-refractivity contribution in [1.82, 2.24) is 5.32 Å². The molecule has 0 bridgehead atoms. The predicted molar refractivity (Wildman–Crippen MR) is 156 cm³/mol. The van der Waals surface area contributed by atoms with Gasteiger partial charge in [0, 0.05) is 21.7 Å². The van der Waals surface area contributed by atoms with Crippen LogP contribution in [0.5, 0.6) is 5.75 Å². The Labute approximate surface area is 235 Å². The highest BCUT2D eigenvalue weighted by Gasteiger charge is 2.16. The van der Waals surface area contributed by atoms with Gasteiger partial charge in [0.25, 0.3) is 11.8 Å². The maximum Gasteiger partial charge on any atom is 0.272 e. The molecule has 0 heterocycles. The molecule has 0 aliphatic carbocycles. The minimum atomic E-state index is -0.636. The van der Waals surface area contributed by atoms with Crippen LogP contribution in [-0.4, -0.2) is 30.6 Å². The number of carbonyl (C=O) groups excluding carboxylic acids is 3. The molecular weight excluding hydrogens is 529 g/mol. The van der Waals surface area contributed by atoms with E-state index >= 15 is 0 Å². The van der Waals surface area contributed by atoms with Crippen molar-refractivity contribution in [2.75, 3.05) is 23.5 Å². The lowest BCUT2D eigenvalue weighted by atomic mass is 10.1. The molecule has 40 heavy (non-hydrogen) atoms. The molecule has 4 aromatic rings. The summed E-state index contributed by atoms with van der Waals surface area (Å²) >= 11 is 1.29. The third kappa shape index (κ3) is 7.81. The van der Waals surface area contributed by atoms with Gasteiger partial charge in [0.1, 0.15) is 17.3 Å². The van der Waals surface area contributed by atoms with Crippen LogP contribution in [0.2, 0.25) is 0 Å². The maximum atomic E-state index is 14.4. The monoisotopic (exact) mass is 555 g/mol. The molecule has 3 amide bonds. The molecule has 0 fully saturated rings. The summed E-state index contributed by atoms with van der Waals surface area (Å²) in [7, 11) is 1.53. The van der Waals surface area contributed by atoms with E-state index in [9.17, 15) is 18.8 Å². The van der Waals surface area contributed by atoms with Gasteiger partial charge in [0.2, 0.25) is 5.91 Å². The number of halogens is 1. The van der Waals surface area contributed by atoms with Gasteiger partial charge in [-0.15, -0.1) is 11.8 Å². The molecule has 0 spiro atoms. The molecular formula is C31H26FN3O4S. The Kier molecular flexibility index (Phi) is 9.68. The number of para-hydroxylation sites is 2. The van der Waals surface area contributed by atoms with E-state index < -0.39 is 17.6 Å². The van der Waals surface area contributed by atoms with Crippen molar-refractivity contribution in [3.05, 3.63) is 126 Å². The van der Waals surface area contributed by atoms with Crippen LogP contribution >= 0.6 is 11.8 Å². The molecule has 0 aliphatic rings. The largest absolute Gasteiger partial charge is 0.495 e. The lowest BCUT2D eigenvalue weighted by Gasteiger charge is -2.12. The second-order valence-electron chi connectivity index (χ2n) is 8.42. The number of nitrogens with one attached hydrogen (secondary N) is 3. The van der Waals surface area contributed by atoms with Crippen LogP contribution in [0, 0.1) is 5.82 Å². The van der Waals surface area contributed by atoms with E-state index in [-0.39, 0.29) is 22.9 Å². The lowest BCUT2D eigenvalue weighted by Crippen LogP contribution is -2.30. The zero-order valence-corrected chi connectivity index (χ0v) is 22.3. The average molecular weight is 556 g/mol. The Morgan fingerprint density at radius 3 is 2.35 bits per heavy atom. The van der Waals surface area contributed by atoms with E-state index in [0.29, 0.717) is 22.7 Å². The zero-order valence-electron chi connectivity index (χ0n) is 21.5. The number of hydrogen-bond donors (Lipinski definition) is 3. The summed E-state index contributed by atoms with van der Waals surface area (Å²) in [5.74, 6) is -1.22. The average Bonchev–Trinajstić information content (AvgIpc) is 2.97. The van der Waals surface area contributed by atoms with E-state index in [1.165, 1.54) is 43.1 Å². The first-order chi connectivity index (χ1) is 19.4. The van der Waals surface area contributed by atoms with Crippen molar-refractivity contribution in [2.24, 2.45) is 0 Å². The normalized spacial score (nSPS) is 10.9. The second kappa shape index (κ2) is 13.8. The molecule has 4 aromatic carbocycles. The Bertz CT molecular complexity index is 1540. The van der Waals surface area contributed by atoms with Gasteiger partial charge in [0.15, 0.2) is 0 Å². The van der Waals surface area contributed by atoms with Crippen LogP contribution in [0.4, 0.5) is 15.8 Å². The van der Waals surface area contributed by atoms with Gasteiger partial charge in [-0.05, 0) is 54.6 Å². The molecule has 0 aromatic heterocycles. The van der Waals surface area contributed by atoms with Crippen molar-refractivity contribution in [2.45, 2.75) is 4.90 Å². The minimum absolute atomic E-state index is 0.126. The van der Waals surface area contributed by atoms with Gasteiger partial charge in [-0.2, -0.15) is 0 Å². The molecule has 0 atom stereocenters. The predicted octanol–water partition coefficient (Wildman–Crippen LogP) is 5.97. The van der Waals surface area contributed by atoms with Crippen molar-refractivity contribution >= 4 is 46.9 Å². The van der Waals surface area contributed by atoms with Crippen LogP contribution < -0.4 is 20.7 Å². The first-order valence-corrected chi connectivity index (χ1v) is 13.2. The topological polar surface area (TPSA) is 96.5 Å². The molecule has 0 aliphatic heterocycles. The third-order valence-electron chi connectivity index (χ3n) is 5.58. The fraction of sp³-hybridized carbons (Fsp3) is 0.0645. The van der Waals surface area contributed by atoms with Crippen LogP contribution in [-0.2, 0) is 9.59 Å². The van der Waals surface area contributed by atoms with Crippen LogP contribution in [0.1, 0.15) is 15.9 Å². The number of rotatable bonds is 10. The number of anilines is 2. The van der Waals surface area contributed by atoms with Crippen LogP contribution in [0.3, 0.4) is 0 Å². The van der Waals surface area contributed by atoms with Crippen LogP contribution in [0.25, 0.3) is 6.08 Å². The van der Waals surface area contributed by atoms with Crippen molar-refractivity contribution < 1.29 is 23.5 Å². The highest BCUT2D eigenvalue weighted by molar-refractivity contribution is 8.00. The highest BCUT2D eigenvalue weighted by Crippen LogP contribution is 2.25. The molecule has 4 rings (SSSR count). The van der Waals surface area contributed by atoms with E-state index in [4.69, 9.17) is 4.74 Å².